The molecule has 5 rings (SSSR count). The number of epoxide rings is 4. The summed E-state index contributed by atoms with van der Waals surface area (Å²) in [6.45, 7) is 4.00. The van der Waals surface area contributed by atoms with Crippen LogP contribution in [0.4, 0.5) is 0 Å². The maximum atomic E-state index is 5.55. The van der Waals surface area contributed by atoms with Gasteiger partial charge in [0.2, 0.25) is 0 Å². The maximum absolute atomic E-state index is 5.55. The Morgan fingerprint density at radius 3 is 1.21 bits per heavy atom. The van der Waals surface area contributed by atoms with Crippen molar-refractivity contribution in [2.75, 3.05) is 26.4 Å². The molecule has 0 spiro atoms. The average molecular weight is 336 g/mol. The van der Waals surface area contributed by atoms with Gasteiger partial charge in [-0.2, -0.15) is 0 Å². The summed E-state index contributed by atoms with van der Waals surface area (Å²) >= 11 is 0. The first-order valence-corrected chi connectivity index (χ1v) is 10.3. The molecule has 4 aliphatic heterocycles. The molecule has 6 unspecified atom stereocenters. The van der Waals surface area contributed by atoms with Crippen molar-refractivity contribution in [1.29, 1.82) is 0 Å². The molecule has 4 nitrogen and oxygen atoms in total. The van der Waals surface area contributed by atoms with Crippen LogP contribution in [-0.2, 0) is 18.9 Å². The zero-order chi connectivity index (χ0) is 15.9. The van der Waals surface area contributed by atoms with Gasteiger partial charge >= 0.3 is 0 Å². The molecule has 0 bridgehead atoms. The van der Waals surface area contributed by atoms with Gasteiger partial charge in [0.25, 0.3) is 0 Å². The molecule has 4 heteroatoms. The van der Waals surface area contributed by atoms with Gasteiger partial charge in [-0.05, 0) is 55.8 Å². The molecule has 6 atom stereocenters. The molecule has 136 valence electrons. The van der Waals surface area contributed by atoms with Crippen molar-refractivity contribution in [2.45, 2.75) is 75.8 Å². The van der Waals surface area contributed by atoms with Crippen LogP contribution in [0.25, 0.3) is 0 Å². The second-order valence-corrected chi connectivity index (χ2v) is 8.97. The van der Waals surface area contributed by atoms with Gasteiger partial charge in [0.15, 0.2) is 0 Å². The van der Waals surface area contributed by atoms with Crippen LogP contribution in [-0.4, -0.2) is 50.8 Å². The zero-order valence-electron chi connectivity index (χ0n) is 14.7. The van der Waals surface area contributed by atoms with Gasteiger partial charge in [0.05, 0.1) is 50.8 Å². The van der Waals surface area contributed by atoms with E-state index < -0.39 is 0 Å². The van der Waals surface area contributed by atoms with E-state index in [0.717, 1.165) is 50.1 Å². The van der Waals surface area contributed by atoms with E-state index in [4.69, 9.17) is 18.9 Å². The topological polar surface area (TPSA) is 50.1 Å². The largest absolute Gasteiger partial charge is 0.373 e. The summed E-state index contributed by atoms with van der Waals surface area (Å²) in [5.74, 6) is 3.42. The summed E-state index contributed by atoms with van der Waals surface area (Å²) in [7, 11) is 0. The van der Waals surface area contributed by atoms with E-state index in [0.29, 0.717) is 24.4 Å². The fraction of sp³-hybridized carbons (Fsp3) is 1.00. The Kier molecular flexibility index (Phi) is 4.59. The van der Waals surface area contributed by atoms with Crippen molar-refractivity contribution >= 4 is 0 Å². The first-order chi connectivity index (χ1) is 11.8. The smallest absolute Gasteiger partial charge is 0.0812 e. The Hall–Kier alpha value is -0.160. The Morgan fingerprint density at radius 2 is 0.917 bits per heavy atom. The van der Waals surface area contributed by atoms with Crippen LogP contribution in [0, 0.1) is 23.7 Å². The van der Waals surface area contributed by atoms with Gasteiger partial charge in [0.1, 0.15) is 0 Å². The van der Waals surface area contributed by atoms with E-state index in [1.54, 1.807) is 0 Å². The summed E-state index contributed by atoms with van der Waals surface area (Å²) in [5, 5.41) is 0. The van der Waals surface area contributed by atoms with Gasteiger partial charge in [-0.25, -0.2) is 0 Å². The lowest BCUT2D eigenvalue weighted by atomic mass is 9.67. The molecule has 0 N–H and O–H groups in total. The number of hydrogen-bond acceptors (Lipinski definition) is 4. The monoisotopic (exact) mass is 336 g/mol. The second kappa shape index (κ2) is 6.86. The Labute approximate surface area is 145 Å². The van der Waals surface area contributed by atoms with Gasteiger partial charge in [-0.3, -0.25) is 0 Å². The highest BCUT2D eigenvalue weighted by Gasteiger charge is 2.41. The first kappa shape index (κ1) is 16.0. The molecule has 5 aliphatic rings. The Balaban J connectivity index is 1.21. The van der Waals surface area contributed by atoms with E-state index in [1.165, 1.54) is 51.4 Å². The van der Waals surface area contributed by atoms with E-state index in [9.17, 15) is 0 Å². The third-order valence-electron chi connectivity index (χ3n) is 6.96. The molecule has 0 aromatic carbocycles. The third kappa shape index (κ3) is 4.51. The molecule has 4 heterocycles. The third-order valence-corrected chi connectivity index (χ3v) is 6.96. The molecule has 4 saturated heterocycles. The minimum atomic E-state index is 0.560. The van der Waals surface area contributed by atoms with Crippen LogP contribution in [0.5, 0.6) is 0 Å². The highest BCUT2D eigenvalue weighted by Crippen LogP contribution is 2.45. The lowest BCUT2D eigenvalue weighted by Gasteiger charge is -2.38. The van der Waals surface area contributed by atoms with Crippen LogP contribution in [0.3, 0.4) is 0 Å². The maximum Gasteiger partial charge on any atom is 0.0812 e. The van der Waals surface area contributed by atoms with Crippen molar-refractivity contribution in [1.82, 2.24) is 0 Å². The highest BCUT2D eigenvalue weighted by molar-refractivity contribution is 4.90. The zero-order valence-corrected chi connectivity index (χ0v) is 14.7. The van der Waals surface area contributed by atoms with Crippen LogP contribution >= 0.6 is 0 Å². The second-order valence-electron chi connectivity index (χ2n) is 8.97. The predicted molar refractivity (Wildman–Crippen MR) is 89.9 cm³/mol. The van der Waals surface area contributed by atoms with E-state index >= 15 is 0 Å². The summed E-state index contributed by atoms with van der Waals surface area (Å²) in [5.41, 5.74) is 0. The van der Waals surface area contributed by atoms with Gasteiger partial charge in [-0.15, -0.1) is 0 Å². The SMILES string of the molecule is C1CC(C(CC2CO2)CC2CO2)CC(C(CC2CO2)CC2CO2)C1. The minimum Gasteiger partial charge on any atom is -0.373 e. The molecule has 1 saturated carbocycles. The van der Waals surface area contributed by atoms with E-state index in [2.05, 4.69) is 0 Å². The average Bonchev–Trinajstić information content (AvgIpc) is 3.45. The van der Waals surface area contributed by atoms with Crippen molar-refractivity contribution in [3.63, 3.8) is 0 Å². The standard InChI is InChI=1S/C20H32O4/c1-2-13(15(5-17-9-21-17)6-18-10-22-18)4-14(3-1)16(7-19-11-23-19)8-20-12-24-20/h13-20H,1-12H2. The lowest BCUT2D eigenvalue weighted by Crippen LogP contribution is -2.30. The molecule has 1 aliphatic carbocycles. The fourth-order valence-electron chi connectivity index (χ4n) is 5.25. The predicted octanol–water partition coefficient (Wildman–Crippen LogP) is 3.18. The lowest BCUT2D eigenvalue weighted by molar-refractivity contribution is 0.113. The van der Waals surface area contributed by atoms with Crippen molar-refractivity contribution in [3.05, 3.63) is 0 Å². The van der Waals surface area contributed by atoms with Crippen LogP contribution < -0.4 is 0 Å². The number of ether oxygens (including phenoxy) is 4. The summed E-state index contributed by atoms with van der Waals surface area (Å²) < 4.78 is 22.2. The van der Waals surface area contributed by atoms with Gasteiger partial charge in [-0.1, -0.05) is 19.3 Å². The number of hydrogen-bond donors (Lipinski definition) is 0. The molecule has 0 aromatic heterocycles. The highest BCUT2D eigenvalue weighted by atomic mass is 16.6. The summed E-state index contributed by atoms with van der Waals surface area (Å²) in [6.07, 6.45) is 13.0. The fourth-order valence-corrected chi connectivity index (χ4v) is 5.25. The molecule has 0 aromatic rings. The molecule has 0 radical (unpaired) electrons. The molecular weight excluding hydrogens is 304 g/mol. The molecule has 24 heavy (non-hydrogen) atoms. The van der Waals surface area contributed by atoms with Gasteiger partial charge in [0, 0.05) is 0 Å². The quantitative estimate of drug-likeness (QED) is 0.575. The first-order valence-electron chi connectivity index (χ1n) is 10.3. The molecular formula is C20H32O4. The Bertz CT molecular complexity index is 359. The van der Waals surface area contributed by atoms with Crippen molar-refractivity contribution in [2.24, 2.45) is 23.7 Å². The normalized spacial score (nSPS) is 45.5. The summed E-state index contributed by atoms with van der Waals surface area (Å²) in [4.78, 5) is 0. The summed E-state index contributed by atoms with van der Waals surface area (Å²) in [6, 6.07) is 0. The molecule has 0 amide bonds. The van der Waals surface area contributed by atoms with Crippen molar-refractivity contribution in [3.8, 4) is 0 Å². The van der Waals surface area contributed by atoms with E-state index in [-0.39, 0.29) is 0 Å². The van der Waals surface area contributed by atoms with Crippen LogP contribution in [0.2, 0.25) is 0 Å². The Morgan fingerprint density at radius 1 is 0.583 bits per heavy atom. The minimum absolute atomic E-state index is 0.560. The van der Waals surface area contributed by atoms with Crippen LogP contribution in [0.1, 0.15) is 51.4 Å². The van der Waals surface area contributed by atoms with Crippen LogP contribution in [0.15, 0.2) is 0 Å². The van der Waals surface area contributed by atoms with E-state index in [1.807, 2.05) is 0 Å². The number of rotatable bonds is 10. The van der Waals surface area contributed by atoms with Crippen molar-refractivity contribution < 1.29 is 18.9 Å². The van der Waals surface area contributed by atoms with Gasteiger partial charge < -0.3 is 18.9 Å². The molecule has 5 fully saturated rings.